The van der Waals surface area contributed by atoms with E-state index in [9.17, 15) is 9.59 Å². The van der Waals surface area contributed by atoms with Gasteiger partial charge in [-0.1, -0.05) is 0 Å². The lowest BCUT2D eigenvalue weighted by molar-refractivity contribution is -0.137. The second-order valence-electron chi connectivity index (χ2n) is 4.30. The Morgan fingerprint density at radius 3 is 2.45 bits per heavy atom. The normalized spacial score (nSPS) is 11.6. The molecule has 0 aliphatic rings. The zero-order chi connectivity index (χ0) is 15.1. The fraction of sp³-hybridized carbons (Fsp3) is 0.467. The first-order valence-electron chi connectivity index (χ1n) is 6.66. The quantitative estimate of drug-likeness (QED) is 0.718. The molecule has 5 heteroatoms. The molecule has 1 atom stereocenters. The molecular weight excluding hydrogens is 258 g/mol. The highest BCUT2D eigenvalue weighted by molar-refractivity contribution is 5.81. The summed E-state index contributed by atoms with van der Waals surface area (Å²) in [6.45, 7) is 6.79. The Balaban J connectivity index is 2.91. The molecule has 1 amide bonds. The van der Waals surface area contributed by atoms with Crippen LogP contribution in [0, 0.1) is 0 Å². The van der Waals surface area contributed by atoms with E-state index >= 15 is 0 Å². The van der Waals surface area contributed by atoms with E-state index in [1.54, 1.807) is 30.0 Å². The number of carbonyl (C=O) groups is 2. The van der Waals surface area contributed by atoms with E-state index in [-0.39, 0.29) is 5.91 Å². The summed E-state index contributed by atoms with van der Waals surface area (Å²) in [7, 11) is 1.51. The zero-order valence-corrected chi connectivity index (χ0v) is 12.4. The predicted octanol–water partition coefficient (Wildman–Crippen LogP) is 2.14. The Labute approximate surface area is 119 Å². The standard InChI is InChI=1S/C15H21NO4/c1-5-16(6-2)15(18)11(3)20-14-9-12(10-17)7-8-13(14)19-4/h7-11H,5-6H2,1-4H3. The fourth-order valence-corrected chi connectivity index (χ4v) is 1.89. The summed E-state index contributed by atoms with van der Waals surface area (Å²) in [6, 6.07) is 4.85. The van der Waals surface area contributed by atoms with E-state index < -0.39 is 6.10 Å². The molecule has 5 nitrogen and oxygen atoms in total. The van der Waals surface area contributed by atoms with Crippen LogP contribution >= 0.6 is 0 Å². The Morgan fingerprint density at radius 2 is 1.95 bits per heavy atom. The van der Waals surface area contributed by atoms with Crippen LogP contribution in [-0.4, -0.2) is 43.4 Å². The van der Waals surface area contributed by atoms with Crippen LogP contribution in [-0.2, 0) is 4.79 Å². The van der Waals surface area contributed by atoms with Crippen molar-refractivity contribution in [2.45, 2.75) is 26.9 Å². The number of methoxy groups -OCH3 is 1. The lowest BCUT2D eigenvalue weighted by atomic mass is 10.2. The summed E-state index contributed by atoms with van der Waals surface area (Å²) in [5.41, 5.74) is 0.475. The maximum absolute atomic E-state index is 12.2. The van der Waals surface area contributed by atoms with Gasteiger partial charge in [-0.3, -0.25) is 9.59 Å². The van der Waals surface area contributed by atoms with Gasteiger partial charge >= 0.3 is 0 Å². The minimum absolute atomic E-state index is 0.0893. The van der Waals surface area contributed by atoms with Crippen LogP contribution in [0.3, 0.4) is 0 Å². The molecule has 0 spiro atoms. The number of amides is 1. The molecule has 0 aliphatic heterocycles. The Morgan fingerprint density at radius 1 is 1.30 bits per heavy atom. The van der Waals surface area contributed by atoms with E-state index in [0.29, 0.717) is 30.2 Å². The molecule has 0 fully saturated rings. The van der Waals surface area contributed by atoms with Crippen LogP contribution in [0.4, 0.5) is 0 Å². The number of carbonyl (C=O) groups excluding carboxylic acids is 2. The van der Waals surface area contributed by atoms with Crippen molar-refractivity contribution in [3.63, 3.8) is 0 Å². The van der Waals surface area contributed by atoms with E-state index in [0.717, 1.165) is 6.29 Å². The van der Waals surface area contributed by atoms with Gasteiger partial charge < -0.3 is 14.4 Å². The van der Waals surface area contributed by atoms with Gasteiger partial charge in [0, 0.05) is 18.7 Å². The van der Waals surface area contributed by atoms with Gasteiger partial charge in [0.15, 0.2) is 17.6 Å². The lowest BCUT2D eigenvalue weighted by Gasteiger charge is -2.24. The van der Waals surface area contributed by atoms with Crippen molar-refractivity contribution < 1.29 is 19.1 Å². The fourth-order valence-electron chi connectivity index (χ4n) is 1.89. The number of likely N-dealkylation sites (N-methyl/N-ethyl adjacent to an activating group) is 1. The molecular formula is C15H21NO4. The summed E-state index contributed by atoms with van der Waals surface area (Å²) < 4.78 is 10.8. The second kappa shape index (κ2) is 7.53. The molecule has 1 aromatic rings. The number of aldehydes is 1. The van der Waals surface area contributed by atoms with Gasteiger partial charge in [0.05, 0.1) is 7.11 Å². The van der Waals surface area contributed by atoms with Crippen LogP contribution in [0.1, 0.15) is 31.1 Å². The number of rotatable bonds is 7. The van der Waals surface area contributed by atoms with Gasteiger partial charge in [0.1, 0.15) is 6.29 Å². The largest absolute Gasteiger partial charge is 0.493 e. The van der Waals surface area contributed by atoms with Gasteiger partial charge in [-0.2, -0.15) is 0 Å². The molecule has 0 aliphatic carbocycles. The van der Waals surface area contributed by atoms with E-state index in [1.165, 1.54) is 7.11 Å². The van der Waals surface area contributed by atoms with Gasteiger partial charge in [0.2, 0.25) is 0 Å². The van der Waals surface area contributed by atoms with Crippen molar-refractivity contribution in [3.8, 4) is 11.5 Å². The monoisotopic (exact) mass is 279 g/mol. The van der Waals surface area contributed by atoms with Crippen LogP contribution < -0.4 is 9.47 Å². The number of hydrogen-bond acceptors (Lipinski definition) is 4. The maximum atomic E-state index is 12.2. The maximum Gasteiger partial charge on any atom is 0.263 e. The second-order valence-corrected chi connectivity index (χ2v) is 4.30. The summed E-state index contributed by atoms with van der Waals surface area (Å²) in [5, 5.41) is 0. The van der Waals surface area contributed by atoms with Gasteiger partial charge in [-0.05, 0) is 39.0 Å². The third-order valence-electron chi connectivity index (χ3n) is 3.05. The van der Waals surface area contributed by atoms with E-state index in [1.807, 2.05) is 13.8 Å². The van der Waals surface area contributed by atoms with Crippen LogP contribution in [0.25, 0.3) is 0 Å². The summed E-state index contributed by atoms with van der Waals surface area (Å²) in [4.78, 5) is 24.7. The average Bonchev–Trinajstić information content (AvgIpc) is 2.48. The zero-order valence-electron chi connectivity index (χ0n) is 12.4. The smallest absolute Gasteiger partial charge is 0.263 e. The first kappa shape index (κ1) is 16.0. The number of hydrogen-bond donors (Lipinski definition) is 0. The Hall–Kier alpha value is -2.04. The first-order chi connectivity index (χ1) is 9.57. The minimum atomic E-state index is -0.634. The van der Waals surface area contributed by atoms with Crippen LogP contribution in [0.2, 0.25) is 0 Å². The van der Waals surface area contributed by atoms with Crippen molar-refractivity contribution >= 4 is 12.2 Å². The van der Waals surface area contributed by atoms with Crippen LogP contribution in [0.15, 0.2) is 18.2 Å². The molecule has 1 rings (SSSR count). The summed E-state index contributed by atoms with van der Waals surface area (Å²) >= 11 is 0. The van der Waals surface area contributed by atoms with Gasteiger partial charge in [-0.15, -0.1) is 0 Å². The van der Waals surface area contributed by atoms with E-state index in [2.05, 4.69) is 0 Å². The third kappa shape index (κ3) is 3.73. The van der Waals surface area contributed by atoms with Crippen molar-refractivity contribution in [1.29, 1.82) is 0 Å². The molecule has 0 heterocycles. The van der Waals surface area contributed by atoms with Crippen molar-refractivity contribution in [2.24, 2.45) is 0 Å². The molecule has 1 unspecified atom stereocenters. The Kier molecular flexibility index (Phi) is 6.03. The molecule has 1 aromatic carbocycles. The molecule has 0 saturated carbocycles. The molecule has 0 radical (unpaired) electrons. The summed E-state index contributed by atoms with van der Waals surface area (Å²) in [6.07, 6.45) is 0.0918. The van der Waals surface area contributed by atoms with Gasteiger partial charge in [-0.25, -0.2) is 0 Å². The molecule has 110 valence electrons. The Bertz CT molecular complexity index is 469. The predicted molar refractivity (Wildman–Crippen MR) is 76.4 cm³/mol. The average molecular weight is 279 g/mol. The van der Waals surface area contributed by atoms with Crippen molar-refractivity contribution in [1.82, 2.24) is 4.90 Å². The molecule has 0 aromatic heterocycles. The molecule has 0 N–H and O–H groups in total. The van der Waals surface area contributed by atoms with Crippen molar-refractivity contribution in [2.75, 3.05) is 20.2 Å². The summed E-state index contributed by atoms with van der Waals surface area (Å²) in [5.74, 6) is 0.800. The molecule has 0 bridgehead atoms. The highest BCUT2D eigenvalue weighted by Crippen LogP contribution is 2.28. The topological polar surface area (TPSA) is 55.8 Å². The molecule has 0 saturated heterocycles. The minimum Gasteiger partial charge on any atom is -0.493 e. The number of benzene rings is 1. The number of nitrogens with zero attached hydrogens (tertiary/aromatic N) is 1. The van der Waals surface area contributed by atoms with Gasteiger partial charge in [0.25, 0.3) is 5.91 Å². The number of ether oxygens (including phenoxy) is 2. The first-order valence-corrected chi connectivity index (χ1v) is 6.66. The highest BCUT2D eigenvalue weighted by atomic mass is 16.5. The lowest BCUT2D eigenvalue weighted by Crippen LogP contribution is -2.40. The highest BCUT2D eigenvalue weighted by Gasteiger charge is 2.21. The van der Waals surface area contributed by atoms with Crippen molar-refractivity contribution in [3.05, 3.63) is 23.8 Å². The van der Waals surface area contributed by atoms with E-state index in [4.69, 9.17) is 9.47 Å². The SMILES string of the molecule is CCN(CC)C(=O)C(C)Oc1cc(C=O)ccc1OC. The van der Waals surface area contributed by atoms with Crippen LogP contribution in [0.5, 0.6) is 11.5 Å². The third-order valence-corrected chi connectivity index (χ3v) is 3.05. The molecule has 20 heavy (non-hydrogen) atoms.